The first-order chi connectivity index (χ1) is 16.9. The minimum absolute atomic E-state index is 0.132. The van der Waals surface area contributed by atoms with Crippen molar-refractivity contribution in [1.82, 2.24) is 9.88 Å². The van der Waals surface area contributed by atoms with Gasteiger partial charge in [0, 0.05) is 29.4 Å². The lowest BCUT2D eigenvalue weighted by Gasteiger charge is -2.41. The van der Waals surface area contributed by atoms with Crippen molar-refractivity contribution in [3.8, 4) is 5.69 Å². The Kier molecular flexibility index (Phi) is 6.93. The molecule has 0 saturated heterocycles. The number of isocyanates is 1. The number of carboxylic acid groups (broad SMARTS) is 1. The van der Waals surface area contributed by atoms with Gasteiger partial charge in [0.1, 0.15) is 5.54 Å². The number of thiophene rings is 1. The Morgan fingerprint density at radius 1 is 1.23 bits per heavy atom. The number of nitrogens with zero attached hydrogens (tertiary/aromatic N) is 2. The van der Waals surface area contributed by atoms with Crippen LogP contribution in [0.25, 0.3) is 5.69 Å². The number of carbonyl (C=O) groups excluding carboxylic acids is 2. The van der Waals surface area contributed by atoms with Gasteiger partial charge in [-0.3, -0.25) is 14.2 Å². The summed E-state index contributed by atoms with van der Waals surface area (Å²) in [5.74, 6) is -2.50. The highest BCUT2D eigenvalue weighted by molar-refractivity contribution is 7.14. The van der Waals surface area contributed by atoms with E-state index in [2.05, 4.69) is 10.3 Å². The molecule has 0 radical (unpaired) electrons. The Balaban J connectivity index is 1.74. The number of amides is 1. The summed E-state index contributed by atoms with van der Waals surface area (Å²) in [6.07, 6.45) is 7.74. The molecule has 1 aromatic carbocycles. The molecule has 1 aliphatic carbocycles. The van der Waals surface area contributed by atoms with E-state index in [0.717, 1.165) is 0 Å². The van der Waals surface area contributed by atoms with E-state index in [4.69, 9.17) is 11.6 Å². The zero-order valence-corrected chi connectivity index (χ0v) is 19.6. The molecule has 4 rings (SSSR count). The molecule has 2 aromatic heterocycles. The molecular weight excluding hydrogens is 490 g/mol. The van der Waals surface area contributed by atoms with Gasteiger partial charge >= 0.3 is 5.97 Å². The Bertz CT molecular complexity index is 1450. The fourth-order valence-corrected chi connectivity index (χ4v) is 5.03. The van der Waals surface area contributed by atoms with E-state index in [1.165, 1.54) is 46.3 Å². The molecule has 35 heavy (non-hydrogen) atoms. The maximum atomic E-state index is 13.4. The lowest BCUT2D eigenvalue weighted by Crippen LogP contribution is -2.58. The van der Waals surface area contributed by atoms with Gasteiger partial charge < -0.3 is 10.4 Å². The highest BCUT2D eigenvalue weighted by Crippen LogP contribution is 2.41. The van der Waals surface area contributed by atoms with E-state index in [1.54, 1.807) is 54.1 Å². The second-order valence-corrected chi connectivity index (χ2v) is 9.26. The third-order valence-corrected chi connectivity index (χ3v) is 6.82. The van der Waals surface area contributed by atoms with Crippen molar-refractivity contribution in [2.45, 2.75) is 11.5 Å². The van der Waals surface area contributed by atoms with Gasteiger partial charge in [-0.15, -0.1) is 11.3 Å². The van der Waals surface area contributed by atoms with Crippen LogP contribution in [0.2, 0.25) is 4.34 Å². The number of hydrogen-bond donors (Lipinski definition) is 2. The number of hydrogen-bond acceptors (Lipinski definition) is 6. The van der Waals surface area contributed by atoms with Crippen molar-refractivity contribution >= 4 is 40.9 Å². The molecule has 0 fully saturated rings. The smallest absolute Gasteiger partial charge is 0.334 e. The van der Waals surface area contributed by atoms with E-state index in [9.17, 15) is 24.3 Å². The topological polar surface area (TPSA) is 118 Å². The monoisotopic (exact) mass is 507 g/mol. The third kappa shape index (κ3) is 4.79. The van der Waals surface area contributed by atoms with Crippen LogP contribution in [-0.4, -0.2) is 39.7 Å². The van der Waals surface area contributed by atoms with Crippen LogP contribution >= 0.6 is 22.9 Å². The molecular formula is C25H18ClN3O5S. The van der Waals surface area contributed by atoms with Crippen molar-refractivity contribution in [1.29, 1.82) is 0 Å². The molecule has 176 valence electrons. The summed E-state index contributed by atoms with van der Waals surface area (Å²) in [5, 5.41) is 14.6. The largest absolute Gasteiger partial charge is 0.478 e. The van der Waals surface area contributed by atoms with E-state index >= 15 is 0 Å². The molecule has 8 nitrogen and oxygen atoms in total. The average molecular weight is 508 g/mol. The van der Waals surface area contributed by atoms with Crippen LogP contribution in [-0.2, 0) is 9.59 Å². The third-order valence-electron chi connectivity index (χ3n) is 5.72. The van der Waals surface area contributed by atoms with Gasteiger partial charge in [0.2, 0.25) is 6.08 Å². The van der Waals surface area contributed by atoms with E-state index in [-0.39, 0.29) is 23.2 Å². The molecule has 10 heteroatoms. The van der Waals surface area contributed by atoms with Gasteiger partial charge in [-0.2, -0.15) is 0 Å². The summed E-state index contributed by atoms with van der Waals surface area (Å²) in [6, 6.07) is 12.7. The van der Waals surface area contributed by atoms with Crippen LogP contribution in [0.3, 0.4) is 0 Å². The fraction of sp³-hybridized carbons (Fsp3) is 0.120. The van der Waals surface area contributed by atoms with Crippen LogP contribution in [0, 0.1) is 0 Å². The van der Waals surface area contributed by atoms with Crippen molar-refractivity contribution in [3.63, 3.8) is 0 Å². The van der Waals surface area contributed by atoms with Gasteiger partial charge in [0.05, 0.1) is 16.5 Å². The van der Waals surface area contributed by atoms with E-state index in [0.29, 0.717) is 15.6 Å². The number of aliphatic imine (C=N–C) groups is 1. The minimum Gasteiger partial charge on any atom is -0.478 e. The molecule has 1 aliphatic rings. The van der Waals surface area contributed by atoms with Crippen LogP contribution in [0.1, 0.15) is 21.8 Å². The van der Waals surface area contributed by atoms with Gasteiger partial charge in [-0.1, -0.05) is 29.8 Å². The number of allylic oxidation sites excluding steroid dienone is 2. The SMILES string of the molecule is O=C=NCC1(NC(=O)c2ccc(-n3ccccc3=O)cc2)C(C(=O)O)=CC=CC1c1csc(Cl)c1. The molecule has 0 bridgehead atoms. The Morgan fingerprint density at radius 2 is 2.00 bits per heavy atom. The molecule has 1 amide bonds. The highest BCUT2D eigenvalue weighted by Gasteiger charge is 2.47. The fourth-order valence-electron chi connectivity index (χ4n) is 4.10. The molecule has 2 atom stereocenters. The average Bonchev–Trinajstić information content (AvgIpc) is 3.29. The Labute approximate surface area is 208 Å². The van der Waals surface area contributed by atoms with Gasteiger partial charge in [0.15, 0.2) is 0 Å². The second-order valence-electron chi connectivity index (χ2n) is 7.72. The molecule has 2 heterocycles. The first-order valence-electron chi connectivity index (χ1n) is 10.4. The van der Waals surface area contributed by atoms with Gasteiger partial charge in [-0.05, 0) is 53.4 Å². The zero-order chi connectivity index (χ0) is 25.0. The summed E-state index contributed by atoms with van der Waals surface area (Å²) < 4.78 is 1.92. The summed E-state index contributed by atoms with van der Waals surface area (Å²) in [5.41, 5.74) is -0.471. The number of aliphatic carboxylic acids is 1. The number of carboxylic acids is 1. The minimum atomic E-state index is -1.57. The van der Waals surface area contributed by atoms with Crippen LogP contribution < -0.4 is 10.9 Å². The first-order valence-corrected chi connectivity index (χ1v) is 11.6. The van der Waals surface area contributed by atoms with Crippen LogP contribution in [0.5, 0.6) is 0 Å². The first kappa shape index (κ1) is 24.1. The zero-order valence-electron chi connectivity index (χ0n) is 18.1. The summed E-state index contributed by atoms with van der Waals surface area (Å²) >= 11 is 7.38. The highest BCUT2D eigenvalue weighted by atomic mass is 35.5. The number of halogens is 1. The lowest BCUT2D eigenvalue weighted by atomic mass is 9.71. The molecule has 0 aliphatic heterocycles. The van der Waals surface area contributed by atoms with Gasteiger partial charge in [0.25, 0.3) is 11.5 Å². The number of nitrogens with one attached hydrogen (secondary N) is 1. The van der Waals surface area contributed by atoms with E-state index < -0.39 is 23.3 Å². The molecule has 2 unspecified atom stereocenters. The van der Waals surface area contributed by atoms with E-state index in [1.807, 2.05) is 0 Å². The predicted octanol–water partition coefficient (Wildman–Crippen LogP) is 3.72. The maximum absolute atomic E-state index is 13.4. The number of aromatic nitrogens is 1. The van der Waals surface area contributed by atoms with Crippen molar-refractivity contribution in [2.24, 2.45) is 4.99 Å². The lowest BCUT2D eigenvalue weighted by molar-refractivity contribution is -0.133. The predicted molar refractivity (Wildman–Crippen MR) is 132 cm³/mol. The number of pyridine rings is 1. The number of carbonyl (C=O) groups is 2. The quantitative estimate of drug-likeness (QED) is 0.373. The van der Waals surface area contributed by atoms with Crippen molar-refractivity contribution in [3.05, 3.63) is 110 Å². The van der Waals surface area contributed by atoms with Crippen LogP contribution in [0.15, 0.2) is 93.7 Å². The molecule has 3 aromatic rings. The summed E-state index contributed by atoms with van der Waals surface area (Å²) in [7, 11) is 0. The normalized spacial score (nSPS) is 18.9. The molecule has 0 spiro atoms. The number of benzene rings is 1. The Morgan fingerprint density at radius 3 is 2.63 bits per heavy atom. The van der Waals surface area contributed by atoms with Crippen molar-refractivity contribution < 1.29 is 19.5 Å². The second kappa shape index (κ2) is 10.1. The number of rotatable bonds is 7. The molecule has 2 N–H and O–H groups in total. The summed E-state index contributed by atoms with van der Waals surface area (Å²) in [6.45, 7) is -0.347. The van der Waals surface area contributed by atoms with Gasteiger partial charge in [-0.25, -0.2) is 14.6 Å². The van der Waals surface area contributed by atoms with Crippen molar-refractivity contribution in [2.75, 3.05) is 6.54 Å². The van der Waals surface area contributed by atoms with Crippen LogP contribution in [0.4, 0.5) is 0 Å². The summed E-state index contributed by atoms with van der Waals surface area (Å²) in [4.78, 5) is 52.4. The molecule has 0 saturated carbocycles. The maximum Gasteiger partial charge on any atom is 0.334 e. The standard InChI is InChI=1S/C25H18ClN3O5S/c26-21-12-17(13-35-21)19-4-3-5-20(24(33)34)25(19,14-27-15-30)28-23(32)16-7-9-18(10-8-16)29-11-2-1-6-22(29)31/h1-13,19H,14H2,(H,28,32)(H,33,34). The Hall–Kier alpha value is -4.04.